The van der Waals surface area contributed by atoms with E-state index in [1.54, 1.807) is 0 Å². The summed E-state index contributed by atoms with van der Waals surface area (Å²) in [6, 6.07) is -1.13. The zero-order chi connectivity index (χ0) is 19.9. The number of aromatic nitrogens is 2. The predicted octanol–water partition coefficient (Wildman–Crippen LogP) is 1.63. The lowest BCUT2D eigenvalue weighted by Gasteiger charge is -2.21. The summed E-state index contributed by atoms with van der Waals surface area (Å²) in [5.74, 6) is -0.202. The van der Waals surface area contributed by atoms with Gasteiger partial charge in [0.2, 0.25) is 0 Å². The second kappa shape index (κ2) is 6.78. The first kappa shape index (κ1) is 19.1. The van der Waals surface area contributed by atoms with Gasteiger partial charge in [0.05, 0.1) is 12.2 Å². The van der Waals surface area contributed by atoms with E-state index < -0.39 is 35.6 Å². The molecule has 3 rings (SSSR count). The predicted molar refractivity (Wildman–Crippen MR) is 91.3 cm³/mol. The van der Waals surface area contributed by atoms with E-state index in [9.17, 15) is 23.2 Å². The van der Waals surface area contributed by atoms with Crippen LogP contribution in [-0.4, -0.2) is 63.2 Å². The number of anilines is 1. The number of hydrogen-bond donors (Lipinski definition) is 2. The summed E-state index contributed by atoms with van der Waals surface area (Å²) in [4.78, 5) is 38.8. The Kier molecular flexibility index (Phi) is 4.79. The molecule has 2 aliphatic heterocycles. The minimum Gasteiger partial charge on any atom is -0.322 e. The number of halogens is 2. The lowest BCUT2D eigenvalue weighted by molar-refractivity contribution is -0.129. The molecule has 2 aliphatic rings. The van der Waals surface area contributed by atoms with Crippen LogP contribution in [0.1, 0.15) is 32.4 Å². The second-order valence-electron chi connectivity index (χ2n) is 7.32. The highest BCUT2D eigenvalue weighted by Gasteiger charge is 2.54. The molecule has 0 aromatic carbocycles. The van der Waals surface area contributed by atoms with E-state index in [-0.39, 0.29) is 31.1 Å². The molecule has 0 radical (unpaired) electrons. The molecule has 148 valence electrons. The number of urea groups is 2. The van der Waals surface area contributed by atoms with Crippen LogP contribution in [0.3, 0.4) is 0 Å². The monoisotopic (exact) mass is 384 g/mol. The van der Waals surface area contributed by atoms with E-state index in [0.717, 1.165) is 4.90 Å². The summed E-state index contributed by atoms with van der Waals surface area (Å²) in [7, 11) is 1.37. The lowest BCUT2D eigenvalue weighted by Crippen LogP contribution is -2.50. The van der Waals surface area contributed by atoms with Crippen molar-refractivity contribution in [2.24, 2.45) is 5.92 Å². The van der Waals surface area contributed by atoms with E-state index >= 15 is 0 Å². The Morgan fingerprint density at radius 1 is 1.41 bits per heavy atom. The van der Waals surface area contributed by atoms with Crippen LogP contribution in [-0.2, 0) is 11.3 Å². The Bertz CT molecular complexity index is 780. The molecule has 0 saturated carbocycles. The largest absolute Gasteiger partial charge is 0.324 e. The van der Waals surface area contributed by atoms with Crippen LogP contribution >= 0.6 is 0 Å². The average molecular weight is 384 g/mol. The SMILES string of the molecule is CC(C)Cn1cc(NC(=O)N2CCC3(C2)NC(=O)N(C)C3=O)c(C(F)F)n1. The standard InChI is InChI=1S/C16H22F2N6O3/c1-9(2)6-24-7-10(11(21-24)12(17)18)19-14(26)23-5-4-16(8-23)13(25)22(3)15(27)20-16/h7,9,12H,4-6,8H2,1-3H3,(H,19,26)(H,20,27). The summed E-state index contributed by atoms with van der Waals surface area (Å²) < 4.78 is 27.9. The fourth-order valence-electron chi connectivity index (χ4n) is 3.37. The van der Waals surface area contributed by atoms with Crippen molar-refractivity contribution in [1.82, 2.24) is 24.9 Å². The summed E-state index contributed by atoms with van der Waals surface area (Å²) in [6.07, 6.45) is -1.19. The van der Waals surface area contributed by atoms with Crippen molar-refractivity contribution in [2.45, 2.75) is 38.8 Å². The third kappa shape index (κ3) is 3.45. The minimum atomic E-state index is -2.83. The van der Waals surface area contributed by atoms with Crippen molar-refractivity contribution in [3.63, 3.8) is 0 Å². The minimum absolute atomic E-state index is 0.0160. The molecule has 2 saturated heterocycles. The van der Waals surface area contributed by atoms with Gasteiger partial charge in [-0.3, -0.25) is 14.4 Å². The van der Waals surface area contributed by atoms with Gasteiger partial charge in [-0.25, -0.2) is 18.4 Å². The number of carbonyl (C=O) groups excluding carboxylic acids is 3. The Labute approximate surface area is 154 Å². The molecule has 2 fully saturated rings. The van der Waals surface area contributed by atoms with Crippen molar-refractivity contribution in [3.05, 3.63) is 11.9 Å². The van der Waals surface area contributed by atoms with E-state index in [4.69, 9.17) is 0 Å². The Morgan fingerprint density at radius 2 is 2.11 bits per heavy atom. The number of carbonyl (C=O) groups is 3. The van der Waals surface area contributed by atoms with Crippen LogP contribution in [0.4, 0.5) is 24.1 Å². The fourth-order valence-corrected chi connectivity index (χ4v) is 3.37. The Hall–Kier alpha value is -2.72. The van der Waals surface area contributed by atoms with Crippen molar-refractivity contribution in [1.29, 1.82) is 0 Å². The summed E-state index contributed by atoms with van der Waals surface area (Å²) in [6.45, 7) is 4.49. The molecule has 2 N–H and O–H groups in total. The van der Waals surface area contributed by atoms with Gasteiger partial charge in [0.1, 0.15) is 5.54 Å². The Balaban J connectivity index is 1.72. The van der Waals surface area contributed by atoms with Gasteiger partial charge in [0, 0.05) is 26.3 Å². The lowest BCUT2D eigenvalue weighted by atomic mass is 9.99. The molecule has 1 aromatic rings. The first-order valence-electron chi connectivity index (χ1n) is 8.64. The maximum atomic E-state index is 13.2. The normalized spacial score (nSPS) is 22.5. The van der Waals surface area contributed by atoms with Gasteiger partial charge in [-0.15, -0.1) is 0 Å². The third-order valence-corrected chi connectivity index (χ3v) is 4.71. The fraction of sp³-hybridized carbons (Fsp3) is 0.625. The number of amides is 5. The molecule has 3 heterocycles. The molecular weight excluding hydrogens is 362 g/mol. The summed E-state index contributed by atoms with van der Waals surface area (Å²) in [5, 5.41) is 8.92. The number of hydrogen-bond acceptors (Lipinski definition) is 4. The van der Waals surface area contributed by atoms with Gasteiger partial charge >= 0.3 is 12.1 Å². The molecular formula is C16H22F2N6O3. The highest BCUT2D eigenvalue weighted by atomic mass is 19.3. The summed E-state index contributed by atoms with van der Waals surface area (Å²) >= 11 is 0. The van der Waals surface area contributed by atoms with Crippen LogP contribution in [0, 0.1) is 5.92 Å². The molecule has 1 aromatic heterocycles. The zero-order valence-electron chi connectivity index (χ0n) is 15.3. The molecule has 1 spiro atoms. The van der Waals surface area contributed by atoms with Crippen LogP contribution in [0.2, 0.25) is 0 Å². The van der Waals surface area contributed by atoms with Crippen LogP contribution in [0.25, 0.3) is 0 Å². The van der Waals surface area contributed by atoms with Gasteiger partial charge in [-0.2, -0.15) is 5.10 Å². The van der Waals surface area contributed by atoms with Crippen LogP contribution in [0.15, 0.2) is 6.20 Å². The number of nitrogens with zero attached hydrogens (tertiary/aromatic N) is 4. The van der Waals surface area contributed by atoms with Crippen LogP contribution in [0.5, 0.6) is 0 Å². The van der Waals surface area contributed by atoms with Gasteiger partial charge in [0.15, 0.2) is 5.69 Å². The first-order valence-corrected chi connectivity index (χ1v) is 8.64. The number of likely N-dealkylation sites (N-methyl/N-ethyl adjacent to an activating group) is 1. The average Bonchev–Trinajstić information content (AvgIpc) is 3.22. The van der Waals surface area contributed by atoms with Gasteiger partial charge in [-0.1, -0.05) is 13.8 Å². The third-order valence-electron chi connectivity index (χ3n) is 4.71. The highest BCUT2D eigenvalue weighted by molar-refractivity contribution is 6.07. The number of imide groups is 1. The maximum absolute atomic E-state index is 13.2. The van der Waals surface area contributed by atoms with Crippen molar-refractivity contribution >= 4 is 23.7 Å². The number of nitrogens with one attached hydrogen (secondary N) is 2. The van der Waals surface area contributed by atoms with E-state index in [1.807, 2.05) is 13.8 Å². The van der Waals surface area contributed by atoms with E-state index in [2.05, 4.69) is 15.7 Å². The molecule has 27 heavy (non-hydrogen) atoms. The maximum Gasteiger partial charge on any atom is 0.324 e. The second-order valence-corrected chi connectivity index (χ2v) is 7.32. The Morgan fingerprint density at radius 3 is 2.67 bits per heavy atom. The summed E-state index contributed by atoms with van der Waals surface area (Å²) in [5.41, 5.74) is -1.70. The number of likely N-dealkylation sites (tertiary alicyclic amines) is 1. The molecule has 9 nitrogen and oxygen atoms in total. The van der Waals surface area contributed by atoms with Crippen molar-refractivity contribution in [3.8, 4) is 0 Å². The smallest absolute Gasteiger partial charge is 0.322 e. The van der Waals surface area contributed by atoms with E-state index in [1.165, 1.54) is 22.8 Å². The molecule has 1 atom stereocenters. The quantitative estimate of drug-likeness (QED) is 0.771. The topological polar surface area (TPSA) is 99.6 Å². The molecule has 0 bridgehead atoms. The van der Waals surface area contributed by atoms with Gasteiger partial charge in [-0.05, 0) is 12.3 Å². The highest BCUT2D eigenvalue weighted by Crippen LogP contribution is 2.30. The van der Waals surface area contributed by atoms with Crippen LogP contribution < -0.4 is 10.6 Å². The zero-order valence-corrected chi connectivity index (χ0v) is 15.3. The van der Waals surface area contributed by atoms with Crippen molar-refractivity contribution < 1.29 is 23.2 Å². The number of alkyl halides is 2. The molecule has 5 amide bonds. The van der Waals surface area contributed by atoms with Gasteiger partial charge < -0.3 is 15.5 Å². The molecule has 11 heteroatoms. The first-order chi connectivity index (χ1) is 12.6. The molecule has 0 aliphatic carbocycles. The number of rotatable bonds is 4. The van der Waals surface area contributed by atoms with E-state index in [0.29, 0.717) is 6.54 Å². The van der Waals surface area contributed by atoms with Crippen molar-refractivity contribution in [2.75, 3.05) is 25.5 Å². The molecule has 1 unspecified atom stereocenters. The van der Waals surface area contributed by atoms with Gasteiger partial charge in [0.25, 0.3) is 12.3 Å².